The third-order valence-corrected chi connectivity index (χ3v) is 10.7. The maximum atomic E-state index is 12.8. The monoisotopic (exact) mass is 828 g/mol. The Labute approximate surface area is 329 Å². The highest BCUT2D eigenvalue weighted by atomic mass is 35.5. The van der Waals surface area contributed by atoms with Gasteiger partial charge in [-0.25, -0.2) is 32.6 Å². The molecule has 1 N–H and O–H groups in total. The number of nitrogens with zero attached hydrogens (tertiary/aromatic N) is 7. The van der Waals surface area contributed by atoms with Crippen molar-refractivity contribution in [3.63, 3.8) is 0 Å². The molecule has 0 aliphatic carbocycles. The van der Waals surface area contributed by atoms with Gasteiger partial charge in [0, 0.05) is 66.4 Å². The number of nitrogens with one attached hydrogen (secondary N) is 1. The van der Waals surface area contributed by atoms with Gasteiger partial charge < -0.3 is 14.8 Å². The van der Waals surface area contributed by atoms with Gasteiger partial charge in [-0.3, -0.25) is 18.7 Å². The molecule has 16 nitrogen and oxygen atoms in total. The van der Waals surface area contributed by atoms with Crippen LogP contribution in [0.4, 0.5) is 5.95 Å². The van der Waals surface area contributed by atoms with Gasteiger partial charge in [0.15, 0.2) is 11.5 Å². The first-order valence-corrected chi connectivity index (χ1v) is 19.8. The van der Waals surface area contributed by atoms with E-state index in [-0.39, 0.29) is 28.7 Å². The van der Waals surface area contributed by atoms with Gasteiger partial charge in [0.1, 0.15) is 34.8 Å². The smallest absolute Gasteiger partial charge is 0.294 e. The predicted molar refractivity (Wildman–Crippen MR) is 210 cm³/mol. The number of sulfonamides is 1. The van der Waals surface area contributed by atoms with Crippen molar-refractivity contribution in [2.45, 2.75) is 24.0 Å². The average Bonchev–Trinajstić information content (AvgIpc) is 3.17. The number of piperidine rings is 1. The predicted octanol–water partition coefficient (Wildman–Crippen LogP) is 5.97. The van der Waals surface area contributed by atoms with Crippen LogP contribution < -0.4 is 25.9 Å². The van der Waals surface area contributed by atoms with Crippen LogP contribution >= 0.6 is 35.2 Å². The summed E-state index contributed by atoms with van der Waals surface area (Å²) in [6, 6.07) is 16.7. The summed E-state index contributed by atoms with van der Waals surface area (Å²) in [4.78, 5) is 47.0. The Morgan fingerprint density at radius 3 is 1.76 bits per heavy atom. The summed E-state index contributed by atoms with van der Waals surface area (Å²) in [6.07, 6.45) is 5.74. The van der Waals surface area contributed by atoms with E-state index in [1.165, 1.54) is 26.8 Å². The van der Waals surface area contributed by atoms with Gasteiger partial charge >= 0.3 is 0 Å². The van der Waals surface area contributed by atoms with Crippen molar-refractivity contribution >= 4 is 73.3 Å². The number of fused-ring (bicyclic) bond motifs is 2. The van der Waals surface area contributed by atoms with E-state index in [0.717, 1.165) is 12.0 Å². The third-order valence-electron chi connectivity index (χ3n) is 8.32. The van der Waals surface area contributed by atoms with E-state index in [2.05, 4.69) is 30.1 Å². The summed E-state index contributed by atoms with van der Waals surface area (Å²) < 4.78 is 43.7. The first kappa shape index (κ1) is 39.9. The first-order chi connectivity index (χ1) is 26.3. The van der Waals surface area contributed by atoms with Crippen molar-refractivity contribution in [3.8, 4) is 23.0 Å². The molecule has 5 heterocycles. The topological polar surface area (TPSA) is 182 Å². The van der Waals surface area contributed by atoms with Gasteiger partial charge in [0.2, 0.25) is 21.1 Å². The van der Waals surface area contributed by atoms with Gasteiger partial charge in [-0.05, 0) is 73.5 Å². The van der Waals surface area contributed by atoms with Crippen LogP contribution in [-0.2, 0) is 33.3 Å². The van der Waals surface area contributed by atoms with Crippen molar-refractivity contribution in [1.29, 1.82) is 0 Å². The Morgan fingerprint density at radius 2 is 1.27 bits per heavy atom. The number of benzene rings is 2. The minimum absolute atomic E-state index is 0.0555. The van der Waals surface area contributed by atoms with Crippen molar-refractivity contribution in [1.82, 2.24) is 33.4 Å². The zero-order chi connectivity index (χ0) is 39.3. The van der Waals surface area contributed by atoms with Crippen LogP contribution in [-0.4, -0.2) is 74.3 Å². The zero-order valence-electron chi connectivity index (χ0n) is 29.8. The summed E-state index contributed by atoms with van der Waals surface area (Å²) in [5, 5.41) is 6.05. The van der Waals surface area contributed by atoms with Crippen LogP contribution in [0.5, 0.6) is 23.0 Å². The molecule has 20 heteroatoms. The van der Waals surface area contributed by atoms with E-state index in [9.17, 15) is 18.0 Å². The molecule has 4 aromatic heterocycles. The molecule has 7 rings (SSSR count). The third kappa shape index (κ3) is 9.90. The number of aromatic nitrogens is 6. The summed E-state index contributed by atoms with van der Waals surface area (Å²) in [5.41, 5.74) is 0.286. The fourth-order valence-electron chi connectivity index (χ4n) is 5.51. The van der Waals surface area contributed by atoms with E-state index in [0.29, 0.717) is 80.6 Å². The SMILES string of the molecule is COOSc1ncc2cc(Oc3ccc(Cl)cc3)c(=O)n(C)c2n1.Cn1c(=O)c(Oc2ccc(Cl)cc2)cc2cnc(NC3CCN(S(C)(=O)=O)CC3)nc21. The molecule has 0 atom stereocenters. The lowest BCUT2D eigenvalue weighted by Gasteiger charge is -2.30. The van der Waals surface area contributed by atoms with Gasteiger partial charge in [-0.2, -0.15) is 9.32 Å². The van der Waals surface area contributed by atoms with Gasteiger partial charge in [-0.1, -0.05) is 23.2 Å². The van der Waals surface area contributed by atoms with Crippen molar-refractivity contribution in [2.75, 3.05) is 31.8 Å². The second-order valence-corrected chi connectivity index (χ2v) is 15.7. The molecule has 0 unspecified atom stereocenters. The zero-order valence-corrected chi connectivity index (χ0v) is 32.9. The molecule has 0 bridgehead atoms. The number of hydrogen-bond acceptors (Lipinski definition) is 14. The number of pyridine rings is 2. The lowest BCUT2D eigenvalue weighted by molar-refractivity contribution is -0.160. The van der Waals surface area contributed by atoms with Crippen molar-refractivity contribution in [2.24, 2.45) is 14.1 Å². The fourth-order valence-corrected chi connectivity index (χ4v) is 6.99. The van der Waals surface area contributed by atoms with Crippen LogP contribution in [0.15, 0.2) is 87.8 Å². The maximum Gasteiger partial charge on any atom is 0.294 e. The highest BCUT2D eigenvalue weighted by Gasteiger charge is 2.25. The average molecular weight is 830 g/mol. The molecular formula is C35H34Cl2N8O8S2. The summed E-state index contributed by atoms with van der Waals surface area (Å²) in [6.45, 7) is 0.905. The number of aryl methyl sites for hydroxylation is 2. The largest absolute Gasteiger partial charge is 0.452 e. The Hall–Kier alpha value is -4.82. The standard InChI is InChI=1S/C20H22ClN5O4S.C15H12ClN3O4S/c1-25-18-13(11-17(19(25)27)30-16-5-3-14(21)4-6-16)12-22-20(24-18)23-15-7-9-26(10-8-15)31(2,28)29;1-19-13-9(8-17-15(18-13)24-23-21-2)7-12(14(19)20)22-11-5-3-10(16)4-6-11/h3-6,11-12,15H,7-10H2,1-2H3,(H,22,23,24);3-8H,1-2H3. The molecule has 1 saturated heterocycles. The molecule has 288 valence electrons. The Kier molecular flexibility index (Phi) is 12.6. The molecular weight excluding hydrogens is 795 g/mol. The van der Waals surface area contributed by atoms with Crippen LogP contribution in [0.2, 0.25) is 10.0 Å². The Morgan fingerprint density at radius 1 is 0.782 bits per heavy atom. The molecule has 1 aliphatic rings. The van der Waals surface area contributed by atoms with E-state index in [1.807, 2.05) is 0 Å². The first-order valence-electron chi connectivity index (χ1n) is 16.5. The number of rotatable bonds is 10. The van der Waals surface area contributed by atoms with Crippen LogP contribution in [0.25, 0.3) is 22.1 Å². The summed E-state index contributed by atoms with van der Waals surface area (Å²) in [7, 11) is 1.44. The second-order valence-electron chi connectivity index (χ2n) is 12.2. The highest BCUT2D eigenvalue weighted by Crippen LogP contribution is 2.26. The maximum absolute atomic E-state index is 12.8. The molecule has 6 aromatic rings. The highest BCUT2D eigenvalue weighted by molar-refractivity contribution is 7.94. The fraction of sp³-hybridized carbons (Fsp3) is 0.257. The van der Waals surface area contributed by atoms with E-state index in [1.54, 1.807) is 87.2 Å². The molecule has 2 aromatic carbocycles. The number of halogens is 2. The Bertz CT molecular complexity index is 2550. The lowest BCUT2D eigenvalue weighted by atomic mass is 10.1. The summed E-state index contributed by atoms with van der Waals surface area (Å²) in [5.74, 6) is 1.74. The van der Waals surface area contributed by atoms with Gasteiger partial charge in [-0.15, -0.1) is 0 Å². The molecule has 1 aliphatic heterocycles. The number of hydrogen-bond donors (Lipinski definition) is 1. The van der Waals surface area contributed by atoms with Crippen LogP contribution in [0.3, 0.4) is 0 Å². The molecule has 0 saturated carbocycles. The molecule has 55 heavy (non-hydrogen) atoms. The van der Waals surface area contributed by atoms with Gasteiger partial charge in [0.25, 0.3) is 11.1 Å². The lowest BCUT2D eigenvalue weighted by Crippen LogP contribution is -2.42. The van der Waals surface area contributed by atoms with E-state index >= 15 is 0 Å². The molecule has 0 spiro atoms. The van der Waals surface area contributed by atoms with Crippen LogP contribution in [0, 0.1) is 0 Å². The quantitative estimate of drug-likeness (QED) is 0.0738. The summed E-state index contributed by atoms with van der Waals surface area (Å²) >= 11 is 12.6. The number of ether oxygens (including phenoxy) is 2. The van der Waals surface area contributed by atoms with E-state index in [4.69, 9.17) is 37.0 Å². The minimum Gasteiger partial charge on any atom is -0.452 e. The van der Waals surface area contributed by atoms with E-state index < -0.39 is 10.0 Å². The molecule has 0 radical (unpaired) electrons. The minimum atomic E-state index is -3.17. The molecule has 0 amide bonds. The number of anilines is 1. The normalized spacial score (nSPS) is 13.7. The van der Waals surface area contributed by atoms with Crippen LogP contribution in [0.1, 0.15) is 12.8 Å². The Balaban J connectivity index is 0.000000193. The van der Waals surface area contributed by atoms with Crippen molar-refractivity contribution < 1.29 is 27.1 Å². The molecule has 1 fully saturated rings. The van der Waals surface area contributed by atoms with Gasteiger partial charge in [0.05, 0.1) is 13.4 Å². The second kappa shape index (κ2) is 17.3. The van der Waals surface area contributed by atoms with Crippen molar-refractivity contribution in [3.05, 3.63) is 104 Å².